The number of rotatable bonds is 3. The second-order valence-corrected chi connectivity index (χ2v) is 7.98. The molecule has 0 saturated carbocycles. The molecule has 0 aliphatic carbocycles. The molecule has 0 aliphatic rings. The third-order valence-electron chi connectivity index (χ3n) is 4.16. The van der Waals surface area contributed by atoms with Gasteiger partial charge >= 0.3 is 5.63 Å². The van der Waals surface area contributed by atoms with Crippen molar-refractivity contribution in [2.24, 2.45) is 4.99 Å². The van der Waals surface area contributed by atoms with Gasteiger partial charge in [0.05, 0.1) is 10.2 Å². The molecule has 5 nitrogen and oxygen atoms in total. The van der Waals surface area contributed by atoms with Crippen LogP contribution in [0.2, 0.25) is 0 Å². The monoisotopic (exact) mass is 442 g/mol. The van der Waals surface area contributed by atoms with E-state index in [0.29, 0.717) is 15.8 Å². The molecule has 1 amide bonds. The van der Waals surface area contributed by atoms with Crippen LogP contribution in [0.3, 0.4) is 0 Å². The molecule has 4 rings (SSSR count). The first-order chi connectivity index (χ1) is 13.1. The Labute approximate surface area is 166 Å². The van der Waals surface area contributed by atoms with Gasteiger partial charge in [-0.05, 0) is 36.8 Å². The Morgan fingerprint density at radius 2 is 2.04 bits per heavy atom. The van der Waals surface area contributed by atoms with Gasteiger partial charge in [-0.25, -0.2) is 4.79 Å². The molecular formula is C20H15BrN2O3S. The lowest BCUT2D eigenvalue weighted by atomic mass is 10.2. The van der Waals surface area contributed by atoms with E-state index in [0.717, 1.165) is 27.7 Å². The summed E-state index contributed by atoms with van der Waals surface area (Å²) in [5, 5.41) is 0.692. The number of fused-ring (bicyclic) bond motifs is 2. The topological polar surface area (TPSA) is 64.6 Å². The number of nitrogens with zero attached hydrogens (tertiary/aromatic N) is 2. The first-order valence-electron chi connectivity index (χ1n) is 8.47. The van der Waals surface area contributed by atoms with Gasteiger partial charge in [0.1, 0.15) is 11.1 Å². The standard InChI is InChI=1S/C20H15BrN2O3S/c1-2-9-23-15-8-7-13(21)11-17(15)27-20(23)22-18(24)14-10-12-5-3-4-6-16(12)26-19(14)25/h3-8,10-11H,2,9H2,1H3. The first-order valence-corrected chi connectivity index (χ1v) is 10.1. The number of carbonyl (C=O) groups excluding carboxylic acids is 1. The number of benzene rings is 2. The van der Waals surface area contributed by atoms with Gasteiger partial charge in [0.15, 0.2) is 4.80 Å². The lowest BCUT2D eigenvalue weighted by Crippen LogP contribution is -2.19. The highest BCUT2D eigenvalue weighted by Crippen LogP contribution is 2.22. The molecule has 27 heavy (non-hydrogen) atoms. The average Bonchev–Trinajstić information content (AvgIpc) is 2.97. The van der Waals surface area contributed by atoms with Crippen LogP contribution in [-0.2, 0) is 6.54 Å². The molecule has 0 bridgehead atoms. The summed E-state index contributed by atoms with van der Waals surface area (Å²) in [5.41, 5.74) is 0.734. The fourth-order valence-corrected chi connectivity index (χ4v) is 4.54. The normalized spacial score (nSPS) is 12.1. The third kappa shape index (κ3) is 3.40. The van der Waals surface area contributed by atoms with Gasteiger partial charge in [-0.15, -0.1) is 0 Å². The zero-order valence-corrected chi connectivity index (χ0v) is 16.8. The number of para-hydroxylation sites is 1. The number of hydrogen-bond acceptors (Lipinski definition) is 4. The minimum Gasteiger partial charge on any atom is -0.422 e. The largest absolute Gasteiger partial charge is 0.422 e. The number of aromatic nitrogens is 1. The molecule has 7 heteroatoms. The summed E-state index contributed by atoms with van der Waals surface area (Å²) in [6.07, 6.45) is 0.904. The van der Waals surface area contributed by atoms with E-state index in [1.54, 1.807) is 24.3 Å². The van der Waals surface area contributed by atoms with Gasteiger partial charge < -0.3 is 8.98 Å². The highest BCUT2D eigenvalue weighted by atomic mass is 79.9. The highest BCUT2D eigenvalue weighted by Gasteiger charge is 2.14. The van der Waals surface area contributed by atoms with Crippen LogP contribution in [0.1, 0.15) is 23.7 Å². The molecular weight excluding hydrogens is 428 g/mol. The Balaban J connectivity index is 1.88. The van der Waals surface area contributed by atoms with Gasteiger partial charge in [-0.3, -0.25) is 4.79 Å². The molecule has 2 aromatic heterocycles. The maximum Gasteiger partial charge on any atom is 0.349 e. The van der Waals surface area contributed by atoms with Gasteiger partial charge in [0.25, 0.3) is 5.91 Å². The van der Waals surface area contributed by atoms with Gasteiger partial charge in [-0.2, -0.15) is 4.99 Å². The molecule has 4 aromatic rings. The van der Waals surface area contributed by atoms with Crippen LogP contribution >= 0.6 is 27.3 Å². The van der Waals surface area contributed by atoms with Crippen molar-refractivity contribution in [1.82, 2.24) is 4.57 Å². The lowest BCUT2D eigenvalue weighted by Gasteiger charge is -2.02. The lowest BCUT2D eigenvalue weighted by molar-refractivity contribution is 0.0994. The molecule has 0 N–H and O–H groups in total. The number of carbonyl (C=O) groups is 1. The van der Waals surface area contributed by atoms with Gasteiger partial charge in [-0.1, -0.05) is 52.4 Å². The van der Waals surface area contributed by atoms with E-state index in [9.17, 15) is 9.59 Å². The third-order valence-corrected chi connectivity index (χ3v) is 5.70. The minimum atomic E-state index is -0.673. The van der Waals surface area contributed by atoms with Gasteiger partial charge in [0, 0.05) is 16.4 Å². The molecule has 0 spiro atoms. The quantitative estimate of drug-likeness (QED) is 0.431. The average molecular weight is 443 g/mol. The first kappa shape index (κ1) is 17.9. The highest BCUT2D eigenvalue weighted by molar-refractivity contribution is 9.10. The van der Waals surface area contributed by atoms with Crippen molar-refractivity contribution >= 4 is 54.4 Å². The number of aryl methyl sites for hydroxylation is 1. The molecule has 0 unspecified atom stereocenters. The van der Waals surface area contributed by atoms with Crippen molar-refractivity contribution in [3.63, 3.8) is 0 Å². The van der Waals surface area contributed by atoms with E-state index in [1.807, 2.05) is 28.8 Å². The molecule has 0 radical (unpaired) electrons. The Hall–Kier alpha value is -2.51. The van der Waals surface area contributed by atoms with Crippen LogP contribution in [0.15, 0.2) is 67.2 Å². The SMILES string of the molecule is CCCn1c(=NC(=O)c2cc3ccccc3oc2=O)sc2cc(Br)ccc21. The van der Waals surface area contributed by atoms with E-state index in [1.165, 1.54) is 11.3 Å². The Morgan fingerprint density at radius 1 is 1.22 bits per heavy atom. The van der Waals surface area contributed by atoms with Crippen molar-refractivity contribution in [1.29, 1.82) is 0 Å². The number of halogens is 1. The second-order valence-electron chi connectivity index (χ2n) is 6.05. The molecule has 0 saturated heterocycles. The summed E-state index contributed by atoms with van der Waals surface area (Å²) in [5.74, 6) is -0.593. The summed E-state index contributed by atoms with van der Waals surface area (Å²) < 4.78 is 9.25. The minimum absolute atomic E-state index is 0.0598. The Bertz CT molecular complexity index is 1300. The fourth-order valence-electron chi connectivity index (χ4n) is 2.93. The van der Waals surface area contributed by atoms with E-state index in [-0.39, 0.29) is 5.56 Å². The Kier molecular flexibility index (Phi) is 4.80. The van der Waals surface area contributed by atoms with E-state index in [2.05, 4.69) is 27.8 Å². The van der Waals surface area contributed by atoms with Crippen molar-refractivity contribution in [2.75, 3.05) is 0 Å². The molecule has 0 fully saturated rings. The number of amides is 1. The van der Waals surface area contributed by atoms with Crippen LogP contribution in [0, 0.1) is 0 Å². The summed E-state index contributed by atoms with van der Waals surface area (Å²) in [6, 6.07) is 14.6. The molecule has 136 valence electrons. The van der Waals surface area contributed by atoms with E-state index >= 15 is 0 Å². The van der Waals surface area contributed by atoms with Crippen LogP contribution < -0.4 is 10.4 Å². The fraction of sp³-hybridized carbons (Fsp3) is 0.150. The van der Waals surface area contributed by atoms with Crippen molar-refractivity contribution in [2.45, 2.75) is 19.9 Å². The summed E-state index contributed by atoms with van der Waals surface area (Å²) in [4.78, 5) is 29.8. The van der Waals surface area contributed by atoms with Crippen LogP contribution in [0.4, 0.5) is 0 Å². The molecule has 2 aromatic carbocycles. The summed E-state index contributed by atoms with van der Waals surface area (Å²) in [6.45, 7) is 2.80. The summed E-state index contributed by atoms with van der Waals surface area (Å²) >= 11 is 4.89. The number of thiazole rings is 1. The predicted octanol–water partition coefficient (Wildman–Crippen LogP) is 4.72. The van der Waals surface area contributed by atoms with Crippen molar-refractivity contribution in [3.05, 3.63) is 73.8 Å². The predicted molar refractivity (Wildman–Crippen MR) is 110 cm³/mol. The van der Waals surface area contributed by atoms with Crippen molar-refractivity contribution in [3.8, 4) is 0 Å². The number of hydrogen-bond donors (Lipinski definition) is 0. The Morgan fingerprint density at radius 3 is 2.85 bits per heavy atom. The zero-order chi connectivity index (χ0) is 19.0. The van der Waals surface area contributed by atoms with Crippen molar-refractivity contribution < 1.29 is 9.21 Å². The summed E-state index contributed by atoms with van der Waals surface area (Å²) in [7, 11) is 0. The van der Waals surface area contributed by atoms with E-state index < -0.39 is 11.5 Å². The maximum atomic E-state index is 12.7. The molecule has 0 aliphatic heterocycles. The molecule has 0 atom stereocenters. The van der Waals surface area contributed by atoms with Crippen LogP contribution in [0.5, 0.6) is 0 Å². The zero-order valence-electron chi connectivity index (χ0n) is 14.4. The van der Waals surface area contributed by atoms with E-state index in [4.69, 9.17) is 4.42 Å². The van der Waals surface area contributed by atoms with Crippen LogP contribution in [-0.4, -0.2) is 10.5 Å². The smallest absolute Gasteiger partial charge is 0.349 e. The molecule has 2 heterocycles. The van der Waals surface area contributed by atoms with Crippen LogP contribution in [0.25, 0.3) is 21.2 Å². The van der Waals surface area contributed by atoms with Gasteiger partial charge in [0.2, 0.25) is 0 Å². The second kappa shape index (κ2) is 7.25. The maximum absolute atomic E-state index is 12.7.